The summed E-state index contributed by atoms with van der Waals surface area (Å²) < 4.78 is 16.1. The zero-order valence-electron chi connectivity index (χ0n) is 17.0. The van der Waals surface area contributed by atoms with Crippen molar-refractivity contribution in [1.82, 2.24) is 4.98 Å². The summed E-state index contributed by atoms with van der Waals surface area (Å²) in [6.45, 7) is 4.01. The Morgan fingerprint density at radius 2 is 1.66 bits per heavy atom. The van der Waals surface area contributed by atoms with Crippen LogP contribution in [-0.4, -0.2) is 32.1 Å². The second-order valence-electron chi connectivity index (χ2n) is 6.34. The van der Waals surface area contributed by atoms with Crippen LogP contribution in [-0.2, 0) is 0 Å². The average molecular weight is 413 g/mol. The van der Waals surface area contributed by atoms with E-state index in [1.165, 1.54) is 32.7 Å². The van der Waals surface area contributed by atoms with Crippen molar-refractivity contribution in [2.24, 2.45) is 0 Å². The number of ketones is 1. The van der Waals surface area contributed by atoms with Gasteiger partial charge in [-0.05, 0) is 37.1 Å². The van der Waals surface area contributed by atoms with E-state index in [1.54, 1.807) is 12.1 Å². The van der Waals surface area contributed by atoms with Gasteiger partial charge in [0.1, 0.15) is 10.7 Å². The van der Waals surface area contributed by atoms with Crippen LogP contribution in [0.5, 0.6) is 17.2 Å². The van der Waals surface area contributed by atoms with Crippen LogP contribution in [0.1, 0.15) is 26.4 Å². The number of nitrogen functional groups attached to an aromatic ring is 1. The van der Waals surface area contributed by atoms with E-state index >= 15 is 0 Å². The third-order valence-corrected chi connectivity index (χ3v) is 5.51. The predicted octanol–water partition coefficient (Wildman–Crippen LogP) is 4.34. The summed E-state index contributed by atoms with van der Waals surface area (Å²) in [5.74, 6) is 0.959. The first-order valence-corrected chi connectivity index (χ1v) is 9.66. The van der Waals surface area contributed by atoms with Crippen molar-refractivity contribution < 1.29 is 19.0 Å². The fourth-order valence-corrected chi connectivity index (χ4v) is 3.91. The molecule has 0 bridgehead atoms. The van der Waals surface area contributed by atoms with Crippen LogP contribution in [0.3, 0.4) is 0 Å². The Morgan fingerprint density at radius 1 is 1.00 bits per heavy atom. The van der Waals surface area contributed by atoms with Crippen molar-refractivity contribution in [3.05, 3.63) is 51.9 Å². The molecule has 0 atom stereocenters. The molecule has 0 unspecified atom stereocenters. The lowest BCUT2D eigenvalue weighted by Crippen LogP contribution is -2.06. The maximum atomic E-state index is 13.2. The Morgan fingerprint density at radius 3 is 2.24 bits per heavy atom. The number of carbonyl (C=O) groups excluding carboxylic acids is 1. The lowest BCUT2D eigenvalue weighted by Gasteiger charge is -2.14. The van der Waals surface area contributed by atoms with Gasteiger partial charge in [-0.1, -0.05) is 29.5 Å². The summed E-state index contributed by atoms with van der Waals surface area (Å²) in [4.78, 5) is 17.9. The number of ether oxygens (including phenoxy) is 3. The number of methoxy groups -OCH3 is 3. The highest BCUT2D eigenvalue weighted by Crippen LogP contribution is 2.42. The number of thiazole rings is 1. The summed E-state index contributed by atoms with van der Waals surface area (Å²) in [7, 11) is 4.48. The van der Waals surface area contributed by atoms with Crippen molar-refractivity contribution in [2.75, 3.05) is 32.4 Å². The number of nitrogens with two attached hydrogens (primary N) is 1. The van der Waals surface area contributed by atoms with Gasteiger partial charge in [0.25, 0.3) is 0 Å². The Hall–Kier alpha value is -3.26. The number of nitrogens with one attached hydrogen (secondary N) is 1. The highest BCUT2D eigenvalue weighted by atomic mass is 32.1. The van der Waals surface area contributed by atoms with Crippen LogP contribution in [0, 0.1) is 13.8 Å². The molecule has 0 aliphatic heterocycles. The Labute approximate surface area is 173 Å². The largest absolute Gasteiger partial charge is 0.493 e. The van der Waals surface area contributed by atoms with Gasteiger partial charge in [-0.3, -0.25) is 4.79 Å². The van der Waals surface area contributed by atoms with E-state index < -0.39 is 0 Å². The van der Waals surface area contributed by atoms with E-state index in [0.717, 1.165) is 16.8 Å². The topological polar surface area (TPSA) is 95.7 Å². The van der Waals surface area contributed by atoms with E-state index in [0.29, 0.717) is 27.1 Å². The fraction of sp³-hybridized carbons (Fsp3) is 0.238. The molecule has 0 amide bonds. The molecule has 1 heterocycles. The SMILES string of the molecule is COc1ccc(C(=O)c2sc(Nc3c(C)cccc3C)nc2N)c(OC)c1OC. The van der Waals surface area contributed by atoms with Crippen LogP contribution in [0.4, 0.5) is 16.6 Å². The smallest absolute Gasteiger partial charge is 0.210 e. The Balaban J connectivity index is 1.99. The maximum absolute atomic E-state index is 13.2. The number of nitrogens with zero attached hydrogens (tertiary/aromatic N) is 1. The standard InChI is InChI=1S/C21H23N3O4S/c1-11-7-6-8-12(2)15(11)23-21-24-20(22)19(29-21)16(25)13-9-10-14(26-3)18(28-5)17(13)27-4/h6-10H,22H2,1-5H3,(H,23,24). The Kier molecular flexibility index (Phi) is 5.93. The normalized spacial score (nSPS) is 10.5. The molecule has 152 valence electrons. The molecule has 29 heavy (non-hydrogen) atoms. The minimum Gasteiger partial charge on any atom is -0.493 e. The first-order valence-electron chi connectivity index (χ1n) is 8.84. The highest BCUT2D eigenvalue weighted by molar-refractivity contribution is 7.18. The molecule has 3 aromatic rings. The molecule has 0 aliphatic rings. The number of hydrogen-bond acceptors (Lipinski definition) is 8. The molecule has 0 saturated carbocycles. The van der Waals surface area contributed by atoms with E-state index in [1.807, 2.05) is 32.0 Å². The molecule has 3 rings (SSSR count). The van der Waals surface area contributed by atoms with Crippen LogP contribution in [0.25, 0.3) is 0 Å². The van der Waals surface area contributed by atoms with Crippen molar-refractivity contribution in [1.29, 1.82) is 0 Å². The van der Waals surface area contributed by atoms with Crippen LogP contribution >= 0.6 is 11.3 Å². The minimum absolute atomic E-state index is 0.158. The number of anilines is 3. The van der Waals surface area contributed by atoms with Gasteiger partial charge >= 0.3 is 0 Å². The molecule has 8 heteroatoms. The second kappa shape index (κ2) is 8.40. The lowest BCUT2D eigenvalue weighted by atomic mass is 10.1. The van der Waals surface area contributed by atoms with E-state index in [9.17, 15) is 4.79 Å². The molecule has 2 aromatic carbocycles. The quantitative estimate of drug-likeness (QED) is 0.556. The summed E-state index contributed by atoms with van der Waals surface area (Å²) in [5, 5.41) is 3.82. The van der Waals surface area contributed by atoms with Gasteiger partial charge in [0, 0.05) is 5.69 Å². The van der Waals surface area contributed by atoms with Crippen molar-refractivity contribution in [2.45, 2.75) is 13.8 Å². The van der Waals surface area contributed by atoms with Crippen molar-refractivity contribution >= 4 is 33.8 Å². The first-order chi connectivity index (χ1) is 13.9. The average Bonchev–Trinajstić information content (AvgIpc) is 3.09. The number of benzene rings is 2. The zero-order chi connectivity index (χ0) is 21.1. The molecular weight excluding hydrogens is 390 g/mol. The number of aromatic nitrogens is 1. The summed E-state index contributed by atoms with van der Waals surface area (Å²) in [5.41, 5.74) is 9.49. The van der Waals surface area contributed by atoms with E-state index in [2.05, 4.69) is 10.3 Å². The predicted molar refractivity (Wildman–Crippen MR) is 115 cm³/mol. The summed E-state index contributed by atoms with van der Waals surface area (Å²) in [6.07, 6.45) is 0. The van der Waals surface area contributed by atoms with Crippen LogP contribution in [0.2, 0.25) is 0 Å². The molecule has 0 radical (unpaired) electrons. The van der Waals surface area contributed by atoms with Crippen molar-refractivity contribution in [3.63, 3.8) is 0 Å². The third-order valence-electron chi connectivity index (χ3n) is 4.52. The highest BCUT2D eigenvalue weighted by Gasteiger charge is 2.25. The van der Waals surface area contributed by atoms with Crippen molar-refractivity contribution in [3.8, 4) is 17.2 Å². The first kappa shape index (κ1) is 20.5. The van der Waals surface area contributed by atoms with Gasteiger partial charge in [-0.2, -0.15) is 0 Å². The Bertz CT molecular complexity index is 1040. The van der Waals surface area contributed by atoms with Gasteiger partial charge in [0.15, 0.2) is 16.6 Å². The number of hydrogen-bond donors (Lipinski definition) is 2. The van der Waals surface area contributed by atoms with Gasteiger partial charge < -0.3 is 25.3 Å². The van der Waals surface area contributed by atoms with E-state index in [-0.39, 0.29) is 17.4 Å². The second-order valence-corrected chi connectivity index (χ2v) is 7.34. The fourth-order valence-electron chi connectivity index (χ4n) is 3.07. The van der Waals surface area contributed by atoms with Gasteiger partial charge in [0.05, 0.1) is 26.9 Å². The van der Waals surface area contributed by atoms with Gasteiger partial charge in [-0.15, -0.1) is 0 Å². The van der Waals surface area contributed by atoms with E-state index in [4.69, 9.17) is 19.9 Å². The molecular formula is C21H23N3O4S. The summed E-state index contributed by atoms with van der Waals surface area (Å²) >= 11 is 1.19. The zero-order valence-corrected chi connectivity index (χ0v) is 17.8. The molecule has 0 saturated heterocycles. The molecule has 3 N–H and O–H groups in total. The third kappa shape index (κ3) is 3.84. The number of rotatable bonds is 7. The molecule has 1 aromatic heterocycles. The van der Waals surface area contributed by atoms with Crippen LogP contribution < -0.4 is 25.3 Å². The number of carbonyl (C=O) groups is 1. The molecule has 0 aliphatic carbocycles. The lowest BCUT2D eigenvalue weighted by molar-refractivity contribution is 0.103. The maximum Gasteiger partial charge on any atom is 0.210 e. The summed E-state index contributed by atoms with van der Waals surface area (Å²) in [6, 6.07) is 9.28. The van der Waals surface area contributed by atoms with Gasteiger partial charge in [0.2, 0.25) is 11.5 Å². The molecule has 0 fully saturated rings. The molecule has 0 spiro atoms. The number of aryl methyl sites for hydroxylation is 2. The minimum atomic E-state index is -0.299. The van der Waals surface area contributed by atoms with Crippen LogP contribution in [0.15, 0.2) is 30.3 Å². The number of para-hydroxylation sites is 1. The molecule has 7 nitrogen and oxygen atoms in total. The monoisotopic (exact) mass is 413 g/mol. The van der Waals surface area contributed by atoms with Gasteiger partial charge in [-0.25, -0.2) is 4.98 Å².